The summed E-state index contributed by atoms with van der Waals surface area (Å²) in [6.45, 7) is 1.82. The molecule has 0 aliphatic rings. The Morgan fingerprint density at radius 1 is 1.43 bits per heavy atom. The fourth-order valence-electron chi connectivity index (χ4n) is 1.17. The molecule has 78 valence electrons. The minimum atomic E-state index is -3.27. The Hall–Kier alpha value is -1.23. The first-order valence-corrected chi connectivity index (χ1v) is 6.06. The van der Waals surface area contributed by atoms with E-state index in [-0.39, 0.29) is 16.3 Å². The summed E-state index contributed by atoms with van der Waals surface area (Å²) in [5.41, 5.74) is 6.13. The Morgan fingerprint density at radius 2 is 2.00 bits per heavy atom. The van der Waals surface area contributed by atoms with Crippen LogP contribution in [0.1, 0.15) is 12.5 Å². The van der Waals surface area contributed by atoms with Crippen molar-refractivity contribution >= 4 is 15.5 Å². The zero-order chi connectivity index (χ0) is 10.9. The number of aryl methyl sites for hydroxylation is 1. The molecule has 0 saturated heterocycles. The summed E-state index contributed by atoms with van der Waals surface area (Å²) in [6, 6.07) is 2.71. The second kappa shape index (κ2) is 3.49. The number of rotatable bonds is 2. The number of nitrogens with two attached hydrogens (primary N) is 1. The molecule has 0 spiro atoms. The predicted octanol–water partition coefficient (Wildman–Crippen LogP) is 0.940. The van der Waals surface area contributed by atoms with Crippen LogP contribution in [0.2, 0.25) is 0 Å². The van der Waals surface area contributed by atoms with Gasteiger partial charge in [-0.3, -0.25) is 0 Å². The van der Waals surface area contributed by atoms with Crippen molar-refractivity contribution in [1.29, 1.82) is 0 Å². The molecule has 3 N–H and O–H groups in total. The lowest BCUT2D eigenvalue weighted by Crippen LogP contribution is -2.00. The zero-order valence-corrected chi connectivity index (χ0v) is 8.93. The maximum absolute atomic E-state index is 11.2. The van der Waals surface area contributed by atoms with Gasteiger partial charge in [-0.25, -0.2) is 8.42 Å². The number of nitrogen functional groups attached to an aromatic ring is 1. The molecule has 0 fully saturated rings. The molecular formula is C9H13NO3S. The molecule has 0 saturated carbocycles. The maximum Gasteiger partial charge on any atom is 0.175 e. The molecule has 4 nitrogen and oxygen atoms in total. The minimum absolute atomic E-state index is 0.0279. The molecule has 0 atom stereocenters. The molecule has 0 aliphatic carbocycles. The molecule has 0 aliphatic heterocycles. The maximum atomic E-state index is 11.2. The van der Waals surface area contributed by atoms with E-state index in [1.165, 1.54) is 12.1 Å². The topological polar surface area (TPSA) is 80.4 Å². The van der Waals surface area contributed by atoms with E-state index in [4.69, 9.17) is 5.73 Å². The molecule has 5 heteroatoms. The number of phenolic OH excluding ortho intramolecular Hbond substituents is 1. The normalized spacial score (nSPS) is 11.6. The second-order valence-corrected chi connectivity index (χ2v) is 5.16. The highest BCUT2D eigenvalue weighted by atomic mass is 32.2. The lowest BCUT2D eigenvalue weighted by Gasteiger charge is -2.07. The Labute approximate surface area is 83.3 Å². The highest BCUT2D eigenvalue weighted by Gasteiger charge is 2.12. The van der Waals surface area contributed by atoms with Gasteiger partial charge in [0.1, 0.15) is 5.75 Å². The Kier molecular flexibility index (Phi) is 2.71. The Bertz CT molecular complexity index is 451. The molecule has 14 heavy (non-hydrogen) atoms. The molecule has 0 amide bonds. The molecule has 0 aromatic heterocycles. The van der Waals surface area contributed by atoms with Crippen LogP contribution in [0.5, 0.6) is 5.75 Å². The number of hydrogen-bond acceptors (Lipinski definition) is 4. The average Bonchev–Trinajstić information content (AvgIpc) is 2.07. The van der Waals surface area contributed by atoms with E-state index in [1.54, 1.807) is 0 Å². The van der Waals surface area contributed by atoms with Gasteiger partial charge in [0.25, 0.3) is 0 Å². The fourth-order valence-corrected chi connectivity index (χ4v) is 1.87. The SMILES string of the molecule is CCc1cc(S(C)(=O)=O)cc(N)c1O. The van der Waals surface area contributed by atoms with Crippen LogP contribution in [0.3, 0.4) is 0 Å². The van der Waals surface area contributed by atoms with Crippen molar-refractivity contribution in [3.05, 3.63) is 17.7 Å². The third-order valence-corrected chi connectivity index (χ3v) is 3.09. The van der Waals surface area contributed by atoms with E-state index in [9.17, 15) is 13.5 Å². The molecule has 1 aromatic rings. The van der Waals surface area contributed by atoms with Crippen molar-refractivity contribution in [2.75, 3.05) is 12.0 Å². The first-order chi connectivity index (χ1) is 6.36. The van der Waals surface area contributed by atoms with Gasteiger partial charge >= 0.3 is 0 Å². The van der Waals surface area contributed by atoms with Gasteiger partial charge in [-0.1, -0.05) is 6.92 Å². The van der Waals surface area contributed by atoms with E-state index >= 15 is 0 Å². The van der Waals surface area contributed by atoms with Gasteiger partial charge in [0.15, 0.2) is 9.84 Å². The van der Waals surface area contributed by atoms with Crippen LogP contribution >= 0.6 is 0 Å². The van der Waals surface area contributed by atoms with Gasteiger partial charge < -0.3 is 10.8 Å². The Balaban J connectivity index is 3.46. The van der Waals surface area contributed by atoms with E-state index in [0.29, 0.717) is 12.0 Å². The third-order valence-electron chi connectivity index (χ3n) is 2.00. The van der Waals surface area contributed by atoms with Crippen molar-refractivity contribution < 1.29 is 13.5 Å². The molecule has 0 bridgehead atoms. The van der Waals surface area contributed by atoms with Gasteiger partial charge in [-0.05, 0) is 24.1 Å². The summed E-state index contributed by atoms with van der Waals surface area (Å²) < 4.78 is 22.5. The standard InChI is InChI=1S/C9H13NO3S/c1-3-6-4-7(14(2,12)13)5-8(10)9(6)11/h4-5,11H,3,10H2,1-2H3. The van der Waals surface area contributed by atoms with Crippen LogP contribution in [-0.4, -0.2) is 19.8 Å². The van der Waals surface area contributed by atoms with Crippen LogP contribution in [-0.2, 0) is 16.3 Å². The molecular weight excluding hydrogens is 202 g/mol. The molecule has 1 rings (SSSR count). The van der Waals surface area contributed by atoms with Crippen molar-refractivity contribution in [3.63, 3.8) is 0 Å². The highest BCUT2D eigenvalue weighted by Crippen LogP contribution is 2.28. The van der Waals surface area contributed by atoms with E-state index < -0.39 is 9.84 Å². The summed E-state index contributed by atoms with van der Waals surface area (Å²) >= 11 is 0. The monoisotopic (exact) mass is 215 g/mol. The summed E-state index contributed by atoms with van der Waals surface area (Å²) in [4.78, 5) is 0.143. The summed E-state index contributed by atoms with van der Waals surface area (Å²) in [5.74, 6) is -0.0279. The second-order valence-electron chi connectivity index (χ2n) is 3.15. The van der Waals surface area contributed by atoms with E-state index in [0.717, 1.165) is 6.26 Å². The van der Waals surface area contributed by atoms with Crippen LogP contribution in [0, 0.1) is 0 Å². The summed E-state index contributed by atoms with van der Waals surface area (Å²) in [6.07, 6.45) is 1.65. The van der Waals surface area contributed by atoms with Crippen molar-refractivity contribution in [1.82, 2.24) is 0 Å². The third kappa shape index (κ3) is 1.98. The van der Waals surface area contributed by atoms with Gasteiger partial charge in [-0.2, -0.15) is 0 Å². The van der Waals surface area contributed by atoms with Crippen LogP contribution < -0.4 is 5.73 Å². The van der Waals surface area contributed by atoms with Gasteiger partial charge in [0.2, 0.25) is 0 Å². The molecule has 0 heterocycles. The van der Waals surface area contributed by atoms with Gasteiger partial charge in [0.05, 0.1) is 10.6 Å². The highest BCUT2D eigenvalue weighted by molar-refractivity contribution is 7.90. The van der Waals surface area contributed by atoms with E-state index in [2.05, 4.69) is 0 Å². The number of aromatic hydroxyl groups is 1. The van der Waals surface area contributed by atoms with Crippen molar-refractivity contribution in [2.45, 2.75) is 18.2 Å². The summed E-state index contributed by atoms with van der Waals surface area (Å²) in [5, 5.41) is 9.47. The number of benzene rings is 1. The smallest absolute Gasteiger partial charge is 0.175 e. The van der Waals surface area contributed by atoms with Crippen LogP contribution in [0.25, 0.3) is 0 Å². The molecule has 0 radical (unpaired) electrons. The first kappa shape index (κ1) is 10.8. The van der Waals surface area contributed by atoms with E-state index in [1.807, 2.05) is 6.92 Å². The average molecular weight is 215 g/mol. The van der Waals surface area contributed by atoms with Gasteiger partial charge in [-0.15, -0.1) is 0 Å². The summed E-state index contributed by atoms with van der Waals surface area (Å²) in [7, 11) is -3.27. The predicted molar refractivity (Wildman–Crippen MR) is 55.0 cm³/mol. The van der Waals surface area contributed by atoms with Gasteiger partial charge in [0, 0.05) is 6.26 Å². The minimum Gasteiger partial charge on any atom is -0.506 e. The fraction of sp³-hybridized carbons (Fsp3) is 0.333. The van der Waals surface area contributed by atoms with Crippen molar-refractivity contribution in [3.8, 4) is 5.75 Å². The zero-order valence-electron chi connectivity index (χ0n) is 8.11. The number of phenols is 1. The van der Waals surface area contributed by atoms with Crippen LogP contribution in [0.4, 0.5) is 5.69 Å². The number of anilines is 1. The quantitative estimate of drug-likeness (QED) is 0.568. The first-order valence-electron chi connectivity index (χ1n) is 4.17. The van der Waals surface area contributed by atoms with Crippen LogP contribution in [0.15, 0.2) is 17.0 Å². The molecule has 0 unspecified atom stereocenters. The largest absolute Gasteiger partial charge is 0.506 e. The lowest BCUT2D eigenvalue weighted by atomic mass is 10.1. The number of hydrogen-bond donors (Lipinski definition) is 2. The lowest BCUT2D eigenvalue weighted by molar-refractivity contribution is 0.471. The number of sulfone groups is 1. The van der Waals surface area contributed by atoms with Crippen molar-refractivity contribution in [2.24, 2.45) is 0 Å². The molecule has 1 aromatic carbocycles. The Morgan fingerprint density at radius 3 is 2.43 bits per heavy atom.